The molecule has 5 nitrogen and oxygen atoms in total. The van der Waals surface area contributed by atoms with Crippen LogP contribution >= 0.6 is 0 Å². The Kier molecular flexibility index (Phi) is 5.90. The Labute approximate surface area is 136 Å². The molecule has 1 heterocycles. The maximum absolute atomic E-state index is 13.0. The average molecular weight is 340 g/mol. The summed E-state index contributed by atoms with van der Waals surface area (Å²) in [6.07, 6.45) is 6.07. The molecule has 1 aliphatic rings. The third-order valence-corrected chi connectivity index (χ3v) is 4.44. The van der Waals surface area contributed by atoms with Crippen LogP contribution in [0, 0.1) is 5.82 Å². The van der Waals surface area contributed by atoms with Crippen molar-refractivity contribution in [1.82, 2.24) is 9.62 Å². The van der Waals surface area contributed by atoms with Gasteiger partial charge in [0.2, 0.25) is 15.9 Å². The van der Waals surface area contributed by atoms with E-state index >= 15 is 0 Å². The monoisotopic (exact) mass is 340 g/mol. The third kappa shape index (κ3) is 6.11. The molecule has 0 saturated carbocycles. The van der Waals surface area contributed by atoms with Crippen molar-refractivity contribution < 1.29 is 17.6 Å². The summed E-state index contributed by atoms with van der Waals surface area (Å²) in [7, 11) is -3.21. The van der Waals surface area contributed by atoms with Gasteiger partial charge in [0.25, 0.3) is 0 Å². The molecule has 7 heteroatoms. The number of nitrogens with one attached hydrogen (secondary N) is 1. The number of carbonyl (C=O) groups excluding carboxylic acids is 1. The first-order chi connectivity index (χ1) is 10.8. The lowest BCUT2D eigenvalue weighted by Crippen LogP contribution is -2.46. The zero-order valence-corrected chi connectivity index (χ0v) is 13.9. The van der Waals surface area contributed by atoms with E-state index in [1.54, 1.807) is 29.2 Å². The molecule has 23 heavy (non-hydrogen) atoms. The van der Waals surface area contributed by atoms with Crippen LogP contribution in [-0.2, 0) is 14.8 Å². The highest BCUT2D eigenvalue weighted by Gasteiger charge is 2.23. The highest BCUT2D eigenvalue weighted by molar-refractivity contribution is 7.88. The van der Waals surface area contributed by atoms with Gasteiger partial charge in [-0.05, 0) is 30.5 Å². The molecule has 0 unspecified atom stereocenters. The zero-order valence-electron chi connectivity index (χ0n) is 13.0. The fourth-order valence-electron chi connectivity index (χ4n) is 2.58. The maximum atomic E-state index is 13.0. The Morgan fingerprint density at radius 3 is 2.70 bits per heavy atom. The van der Waals surface area contributed by atoms with Crippen LogP contribution in [0.25, 0.3) is 6.08 Å². The summed E-state index contributed by atoms with van der Waals surface area (Å²) < 4.78 is 38.0. The molecule has 0 aromatic heterocycles. The first-order valence-electron chi connectivity index (χ1n) is 7.51. The predicted molar refractivity (Wildman–Crippen MR) is 87.6 cm³/mol. The van der Waals surface area contributed by atoms with Crippen molar-refractivity contribution in [2.45, 2.75) is 25.3 Å². The Morgan fingerprint density at radius 1 is 1.39 bits per heavy atom. The number of nitrogens with zero attached hydrogens (tertiary/aromatic N) is 1. The predicted octanol–water partition coefficient (Wildman–Crippen LogP) is 1.77. The van der Waals surface area contributed by atoms with Crippen LogP contribution in [0.1, 0.15) is 24.8 Å². The molecule has 0 atom stereocenters. The van der Waals surface area contributed by atoms with Crippen LogP contribution < -0.4 is 4.72 Å². The van der Waals surface area contributed by atoms with Gasteiger partial charge in [0, 0.05) is 25.6 Å². The summed E-state index contributed by atoms with van der Waals surface area (Å²) in [6, 6.07) is 6.07. The second-order valence-electron chi connectivity index (χ2n) is 5.71. The summed E-state index contributed by atoms with van der Waals surface area (Å²) in [4.78, 5) is 13.8. The van der Waals surface area contributed by atoms with Crippen molar-refractivity contribution in [3.05, 3.63) is 41.7 Å². The van der Waals surface area contributed by atoms with E-state index in [1.807, 2.05) is 0 Å². The lowest BCUT2D eigenvalue weighted by Gasteiger charge is -2.31. The maximum Gasteiger partial charge on any atom is 0.226 e. The van der Waals surface area contributed by atoms with Gasteiger partial charge in [-0.25, -0.2) is 17.5 Å². The standard InChI is InChI=1S/C16H21FN2O3S/c1-23(21,22)18-15-8-10-19(11-9-15)16(20)7-3-5-13-4-2-6-14(17)12-13/h2-6,12,15,18H,7-11H2,1H3/b5-3+. The van der Waals surface area contributed by atoms with Crippen molar-refractivity contribution in [3.63, 3.8) is 0 Å². The minimum absolute atomic E-state index is 0.00420. The lowest BCUT2D eigenvalue weighted by molar-refractivity contribution is -0.131. The lowest BCUT2D eigenvalue weighted by atomic mass is 10.1. The summed E-state index contributed by atoms with van der Waals surface area (Å²) in [5.41, 5.74) is 0.717. The minimum Gasteiger partial charge on any atom is -0.342 e. The summed E-state index contributed by atoms with van der Waals surface area (Å²) in [5, 5.41) is 0. The van der Waals surface area contributed by atoms with Gasteiger partial charge in [-0.15, -0.1) is 0 Å². The number of sulfonamides is 1. The van der Waals surface area contributed by atoms with Gasteiger partial charge < -0.3 is 4.90 Å². The third-order valence-electron chi connectivity index (χ3n) is 3.68. The van der Waals surface area contributed by atoms with Crippen LogP contribution in [0.3, 0.4) is 0 Å². The van der Waals surface area contributed by atoms with E-state index in [-0.39, 0.29) is 24.2 Å². The van der Waals surface area contributed by atoms with Crippen molar-refractivity contribution in [3.8, 4) is 0 Å². The quantitative estimate of drug-likeness (QED) is 0.888. The van der Waals surface area contributed by atoms with E-state index in [1.165, 1.54) is 12.1 Å². The SMILES string of the molecule is CS(=O)(=O)NC1CCN(C(=O)C/C=C/c2cccc(F)c2)CC1. The first-order valence-corrected chi connectivity index (χ1v) is 9.40. The first kappa shape index (κ1) is 17.6. The molecule has 1 saturated heterocycles. The molecule has 1 aromatic carbocycles. The highest BCUT2D eigenvalue weighted by atomic mass is 32.2. The largest absolute Gasteiger partial charge is 0.342 e. The molecular formula is C16H21FN2O3S. The molecule has 1 amide bonds. The Hall–Kier alpha value is -1.73. The van der Waals surface area contributed by atoms with Gasteiger partial charge in [0.05, 0.1) is 6.26 Å². The summed E-state index contributed by atoms with van der Waals surface area (Å²) in [5.74, 6) is -0.311. The molecule has 126 valence electrons. The number of rotatable bonds is 5. The van der Waals surface area contributed by atoms with Gasteiger partial charge in [-0.3, -0.25) is 4.79 Å². The van der Waals surface area contributed by atoms with Crippen LogP contribution in [0.15, 0.2) is 30.3 Å². The topological polar surface area (TPSA) is 66.5 Å². The number of carbonyl (C=O) groups is 1. The van der Waals surface area contributed by atoms with Crippen molar-refractivity contribution >= 4 is 22.0 Å². The van der Waals surface area contributed by atoms with Crippen molar-refractivity contribution in [2.24, 2.45) is 0 Å². The van der Waals surface area contributed by atoms with Crippen LogP contribution in [0.2, 0.25) is 0 Å². The van der Waals surface area contributed by atoms with Crippen molar-refractivity contribution in [2.75, 3.05) is 19.3 Å². The highest BCUT2D eigenvalue weighted by Crippen LogP contribution is 2.13. The van der Waals surface area contributed by atoms with Gasteiger partial charge in [0.1, 0.15) is 5.82 Å². The van der Waals surface area contributed by atoms with Crippen LogP contribution in [-0.4, -0.2) is 44.6 Å². The molecule has 1 aliphatic heterocycles. The molecule has 2 rings (SSSR count). The number of piperidine rings is 1. The van der Waals surface area contributed by atoms with E-state index in [0.717, 1.165) is 6.26 Å². The number of benzene rings is 1. The molecule has 1 aromatic rings. The number of hydrogen-bond donors (Lipinski definition) is 1. The Morgan fingerprint density at radius 2 is 2.09 bits per heavy atom. The van der Waals surface area contributed by atoms with E-state index < -0.39 is 10.0 Å². The average Bonchev–Trinajstić information content (AvgIpc) is 2.46. The second kappa shape index (κ2) is 7.70. The number of likely N-dealkylation sites (tertiary alicyclic amines) is 1. The molecule has 1 N–H and O–H groups in total. The summed E-state index contributed by atoms with van der Waals surface area (Å²) >= 11 is 0. The van der Waals surface area contributed by atoms with E-state index in [4.69, 9.17) is 0 Å². The Bertz CT molecular complexity index is 680. The van der Waals surface area contributed by atoms with Crippen LogP contribution in [0.5, 0.6) is 0 Å². The molecule has 1 fully saturated rings. The smallest absolute Gasteiger partial charge is 0.226 e. The van der Waals surface area contributed by atoms with E-state index in [0.29, 0.717) is 31.5 Å². The summed E-state index contributed by atoms with van der Waals surface area (Å²) in [6.45, 7) is 1.08. The van der Waals surface area contributed by atoms with Crippen LogP contribution in [0.4, 0.5) is 4.39 Å². The molecular weight excluding hydrogens is 319 g/mol. The number of hydrogen-bond acceptors (Lipinski definition) is 3. The molecule has 0 spiro atoms. The zero-order chi connectivity index (χ0) is 16.9. The van der Waals surface area contributed by atoms with E-state index in [9.17, 15) is 17.6 Å². The minimum atomic E-state index is -3.21. The van der Waals surface area contributed by atoms with Gasteiger partial charge in [-0.2, -0.15) is 0 Å². The van der Waals surface area contributed by atoms with Gasteiger partial charge in [-0.1, -0.05) is 24.3 Å². The van der Waals surface area contributed by atoms with Gasteiger partial charge >= 0.3 is 0 Å². The van der Waals surface area contributed by atoms with E-state index in [2.05, 4.69) is 4.72 Å². The fourth-order valence-corrected chi connectivity index (χ4v) is 3.43. The second-order valence-corrected chi connectivity index (χ2v) is 7.49. The molecule has 0 aliphatic carbocycles. The normalized spacial score (nSPS) is 16.9. The molecule has 0 bridgehead atoms. The van der Waals surface area contributed by atoms with Gasteiger partial charge in [0.15, 0.2) is 0 Å². The fraction of sp³-hybridized carbons (Fsp3) is 0.438. The molecule has 0 radical (unpaired) electrons. The number of amides is 1. The van der Waals surface area contributed by atoms with Crippen molar-refractivity contribution in [1.29, 1.82) is 0 Å². The Balaban J connectivity index is 1.79. The number of halogens is 1.